The summed E-state index contributed by atoms with van der Waals surface area (Å²) in [5, 5.41) is 5.73. The summed E-state index contributed by atoms with van der Waals surface area (Å²) in [6, 6.07) is 7.18. The topological polar surface area (TPSA) is 68.0 Å². The minimum absolute atomic E-state index is 0.135. The zero-order valence-corrected chi connectivity index (χ0v) is 11.6. The van der Waals surface area contributed by atoms with Crippen molar-refractivity contribution in [2.45, 2.75) is 25.8 Å². The van der Waals surface area contributed by atoms with Gasteiger partial charge >= 0.3 is 0 Å². The van der Waals surface area contributed by atoms with E-state index in [9.17, 15) is 4.79 Å². The lowest BCUT2D eigenvalue weighted by Crippen LogP contribution is -2.35. The minimum Gasteiger partial charge on any atom is -0.325 e. The molecule has 1 atom stereocenters. The van der Waals surface area contributed by atoms with E-state index in [0.29, 0.717) is 6.42 Å². The Morgan fingerprint density at radius 2 is 2.16 bits per heavy atom. The van der Waals surface area contributed by atoms with Gasteiger partial charge in [-0.15, -0.1) is 11.3 Å². The number of thiazole rings is 1. The number of amides is 1. The Balaban J connectivity index is 2.01. The van der Waals surface area contributed by atoms with Crippen LogP contribution in [0.1, 0.15) is 19.8 Å². The first-order chi connectivity index (χ1) is 9.20. The number of aromatic nitrogens is 1. The van der Waals surface area contributed by atoms with Crippen LogP contribution in [0.2, 0.25) is 0 Å². The molecule has 2 rings (SSSR count). The molecule has 5 heteroatoms. The molecule has 0 radical (unpaired) electrons. The third-order valence-corrected chi connectivity index (χ3v) is 3.59. The van der Waals surface area contributed by atoms with Crippen LogP contribution in [0.4, 0.5) is 5.69 Å². The summed E-state index contributed by atoms with van der Waals surface area (Å²) >= 11 is 1.59. The predicted molar refractivity (Wildman–Crippen MR) is 79.1 cm³/mol. The number of nitrogens with two attached hydrogens (primary N) is 1. The van der Waals surface area contributed by atoms with Crippen molar-refractivity contribution in [2.75, 3.05) is 5.32 Å². The first kappa shape index (κ1) is 13.7. The van der Waals surface area contributed by atoms with E-state index in [1.807, 2.05) is 36.6 Å². The molecule has 1 aromatic heterocycles. The molecule has 0 aliphatic rings. The van der Waals surface area contributed by atoms with Crippen LogP contribution < -0.4 is 11.1 Å². The van der Waals surface area contributed by atoms with E-state index in [4.69, 9.17) is 5.73 Å². The van der Waals surface area contributed by atoms with Gasteiger partial charge in [-0.2, -0.15) is 0 Å². The van der Waals surface area contributed by atoms with E-state index in [1.165, 1.54) is 0 Å². The standard InChI is InChI=1S/C14H17N3OS/c1-2-3-12(15)13(18)17-11-6-4-10(5-7-11)14-16-8-9-19-14/h4-9,12H,2-3,15H2,1H3,(H,17,18). The molecule has 1 amide bonds. The summed E-state index contributed by atoms with van der Waals surface area (Å²) in [7, 11) is 0. The monoisotopic (exact) mass is 275 g/mol. The number of hydrogen-bond donors (Lipinski definition) is 2. The van der Waals surface area contributed by atoms with E-state index in [2.05, 4.69) is 10.3 Å². The van der Waals surface area contributed by atoms with Gasteiger partial charge in [0.05, 0.1) is 6.04 Å². The van der Waals surface area contributed by atoms with Gasteiger partial charge < -0.3 is 11.1 Å². The third-order valence-electron chi connectivity index (χ3n) is 2.77. The molecule has 0 spiro atoms. The molecule has 0 aliphatic carbocycles. The Hall–Kier alpha value is -1.72. The highest BCUT2D eigenvalue weighted by Crippen LogP contribution is 2.23. The fraction of sp³-hybridized carbons (Fsp3) is 0.286. The molecule has 2 aromatic rings. The second kappa shape index (κ2) is 6.45. The van der Waals surface area contributed by atoms with Crippen LogP contribution in [0.15, 0.2) is 35.8 Å². The second-order valence-corrected chi connectivity index (χ2v) is 5.19. The fourth-order valence-electron chi connectivity index (χ4n) is 1.74. The molecule has 0 bridgehead atoms. The summed E-state index contributed by atoms with van der Waals surface area (Å²) in [5.41, 5.74) is 7.57. The van der Waals surface area contributed by atoms with Crippen LogP contribution in [0.25, 0.3) is 10.6 Å². The first-order valence-corrected chi connectivity index (χ1v) is 7.15. The minimum atomic E-state index is -0.441. The zero-order chi connectivity index (χ0) is 13.7. The summed E-state index contributed by atoms with van der Waals surface area (Å²) in [4.78, 5) is 16.0. The van der Waals surface area contributed by atoms with Gasteiger partial charge in [-0.25, -0.2) is 4.98 Å². The van der Waals surface area contributed by atoms with E-state index in [1.54, 1.807) is 17.5 Å². The maximum absolute atomic E-state index is 11.8. The second-order valence-electron chi connectivity index (χ2n) is 4.30. The van der Waals surface area contributed by atoms with Crippen LogP contribution in [0, 0.1) is 0 Å². The quantitative estimate of drug-likeness (QED) is 0.881. The lowest BCUT2D eigenvalue weighted by atomic mass is 10.1. The maximum atomic E-state index is 11.8. The molecule has 1 unspecified atom stereocenters. The van der Waals surface area contributed by atoms with Crippen molar-refractivity contribution in [1.29, 1.82) is 0 Å². The molecule has 1 aromatic carbocycles. The number of nitrogens with zero attached hydrogens (tertiary/aromatic N) is 1. The molecule has 0 saturated carbocycles. The van der Waals surface area contributed by atoms with Gasteiger partial charge in [0.15, 0.2) is 0 Å². The van der Waals surface area contributed by atoms with E-state index in [0.717, 1.165) is 22.7 Å². The summed E-state index contributed by atoms with van der Waals surface area (Å²) in [5.74, 6) is -0.135. The molecule has 100 valence electrons. The lowest BCUT2D eigenvalue weighted by molar-refractivity contribution is -0.117. The van der Waals surface area contributed by atoms with Crippen LogP contribution >= 0.6 is 11.3 Å². The number of anilines is 1. The van der Waals surface area contributed by atoms with Crippen molar-refractivity contribution in [3.8, 4) is 10.6 Å². The Morgan fingerprint density at radius 1 is 1.42 bits per heavy atom. The largest absolute Gasteiger partial charge is 0.325 e. The molecule has 19 heavy (non-hydrogen) atoms. The Kier molecular flexibility index (Phi) is 4.65. The lowest BCUT2D eigenvalue weighted by Gasteiger charge is -2.11. The summed E-state index contributed by atoms with van der Waals surface area (Å²) in [6.45, 7) is 2.01. The van der Waals surface area contributed by atoms with E-state index < -0.39 is 6.04 Å². The molecular weight excluding hydrogens is 258 g/mol. The number of nitrogens with one attached hydrogen (secondary N) is 1. The van der Waals surface area contributed by atoms with Gasteiger partial charge in [-0.3, -0.25) is 4.79 Å². The van der Waals surface area contributed by atoms with Crippen molar-refractivity contribution < 1.29 is 4.79 Å². The highest BCUT2D eigenvalue weighted by molar-refractivity contribution is 7.13. The van der Waals surface area contributed by atoms with Gasteiger partial charge in [0.2, 0.25) is 5.91 Å². The van der Waals surface area contributed by atoms with Crippen LogP contribution in [0.3, 0.4) is 0 Å². The summed E-state index contributed by atoms with van der Waals surface area (Å²) < 4.78 is 0. The van der Waals surface area contributed by atoms with Crippen molar-refractivity contribution in [1.82, 2.24) is 4.98 Å². The van der Waals surface area contributed by atoms with Crippen molar-refractivity contribution >= 4 is 22.9 Å². The number of carbonyl (C=O) groups is 1. The van der Waals surface area contributed by atoms with Gasteiger partial charge in [0.25, 0.3) is 0 Å². The Labute approximate surface area is 116 Å². The van der Waals surface area contributed by atoms with Crippen LogP contribution in [0.5, 0.6) is 0 Å². The highest BCUT2D eigenvalue weighted by atomic mass is 32.1. The molecule has 0 fully saturated rings. The van der Waals surface area contributed by atoms with Gasteiger partial charge in [-0.05, 0) is 30.7 Å². The van der Waals surface area contributed by atoms with Crippen molar-refractivity contribution in [3.05, 3.63) is 35.8 Å². The van der Waals surface area contributed by atoms with Crippen molar-refractivity contribution in [2.24, 2.45) is 5.73 Å². The van der Waals surface area contributed by atoms with Gasteiger partial charge in [0.1, 0.15) is 5.01 Å². The average molecular weight is 275 g/mol. The fourth-order valence-corrected chi connectivity index (χ4v) is 2.38. The van der Waals surface area contributed by atoms with Crippen LogP contribution in [-0.2, 0) is 4.79 Å². The molecule has 4 nitrogen and oxygen atoms in total. The Morgan fingerprint density at radius 3 is 2.74 bits per heavy atom. The van der Waals surface area contributed by atoms with Gasteiger partial charge in [0, 0.05) is 22.8 Å². The number of benzene rings is 1. The molecule has 1 heterocycles. The van der Waals surface area contributed by atoms with Crippen molar-refractivity contribution in [3.63, 3.8) is 0 Å². The number of carbonyl (C=O) groups excluding carboxylic acids is 1. The smallest absolute Gasteiger partial charge is 0.241 e. The highest BCUT2D eigenvalue weighted by Gasteiger charge is 2.12. The molecule has 0 aliphatic heterocycles. The van der Waals surface area contributed by atoms with E-state index in [-0.39, 0.29) is 5.91 Å². The number of hydrogen-bond acceptors (Lipinski definition) is 4. The predicted octanol–water partition coefficient (Wildman–Crippen LogP) is 2.88. The molecular formula is C14H17N3OS. The molecule has 3 N–H and O–H groups in total. The molecule has 0 saturated heterocycles. The average Bonchev–Trinajstić information content (AvgIpc) is 2.94. The zero-order valence-electron chi connectivity index (χ0n) is 10.8. The number of rotatable bonds is 5. The normalized spacial score (nSPS) is 12.1. The third kappa shape index (κ3) is 3.62. The summed E-state index contributed by atoms with van der Waals surface area (Å²) in [6.07, 6.45) is 3.38. The van der Waals surface area contributed by atoms with Gasteiger partial charge in [-0.1, -0.05) is 13.3 Å². The maximum Gasteiger partial charge on any atom is 0.241 e. The SMILES string of the molecule is CCCC(N)C(=O)Nc1ccc(-c2nccs2)cc1. The van der Waals surface area contributed by atoms with Crippen LogP contribution in [-0.4, -0.2) is 16.9 Å². The van der Waals surface area contributed by atoms with E-state index >= 15 is 0 Å². The Bertz CT molecular complexity index is 522. The first-order valence-electron chi connectivity index (χ1n) is 6.27.